The smallest absolute Gasteiger partial charge is 0.346 e. The molecule has 0 aliphatic heterocycles. The van der Waals surface area contributed by atoms with Gasteiger partial charge in [-0.3, -0.25) is 4.79 Å². The maximum Gasteiger partial charge on any atom is 0.346 e. The van der Waals surface area contributed by atoms with Crippen LogP contribution in [0.15, 0.2) is 55.2 Å². The van der Waals surface area contributed by atoms with Crippen molar-refractivity contribution in [2.75, 3.05) is 7.11 Å². The standard InChI is InChI=1S/C23H23Br2N3O4/c1-13(21(30)31-5)32-19-9-6-14(10-17(19)25)12-26-28-20(29)16-11-15(24)7-8-18(16)27-22(28)23(2,3)4/h6-13H,1-5H3/t13-/m1/s1. The molecule has 0 aliphatic rings. The molecule has 1 heterocycles. The summed E-state index contributed by atoms with van der Waals surface area (Å²) in [6, 6.07) is 10.7. The van der Waals surface area contributed by atoms with Gasteiger partial charge in [0, 0.05) is 9.89 Å². The summed E-state index contributed by atoms with van der Waals surface area (Å²) in [5.41, 5.74) is 0.707. The SMILES string of the molecule is COC(=O)[C@@H](C)Oc1ccc(C=Nn2c(C(C)(C)C)nc3ccc(Br)cc3c2=O)cc1Br. The molecule has 3 rings (SSSR count). The zero-order valence-electron chi connectivity index (χ0n) is 18.3. The van der Waals surface area contributed by atoms with E-state index >= 15 is 0 Å². The monoisotopic (exact) mass is 563 g/mol. The zero-order valence-corrected chi connectivity index (χ0v) is 21.5. The predicted molar refractivity (Wildman–Crippen MR) is 132 cm³/mol. The summed E-state index contributed by atoms with van der Waals surface area (Å²) in [6.07, 6.45) is 0.840. The molecule has 3 aromatic rings. The molecule has 0 unspecified atom stereocenters. The highest BCUT2D eigenvalue weighted by molar-refractivity contribution is 9.10. The van der Waals surface area contributed by atoms with Gasteiger partial charge in [0.1, 0.15) is 11.6 Å². The highest BCUT2D eigenvalue weighted by Gasteiger charge is 2.23. The molecule has 2 aromatic carbocycles. The molecule has 1 atom stereocenters. The normalized spacial score (nSPS) is 12.8. The number of nitrogens with zero attached hydrogens (tertiary/aromatic N) is 3. The number of carbonyl (C=O) groups excluding carboxylic acids is 1. The number of hydrogen-bond donors (Lipinski definition) is 0. The van der Waals surface area contributed by atoms with Gasteiger partial charge in [0.2, 0.25) is 0 Å². The maximum absolute atomic E-state index is 13.2. The average Bonchev–Trinajstić information content (AvgIpc) is 2.73. The first-order valence-corrected chi connectivity index (χ1v) is 11.4. The van der Waals surface area contributed by atoms with Gasteiger partial charge in [-0.25, -0.2) is 9.78 Å². The van der Waals surface area contributed by atoms with Crippen LogP contribution < -0.4 is 10.3 Å². The number of esters is 1. The van der Waals surface area contributed by atoms with E-state index in [9.17, 15) is 9.59 Å². The first kappa shape index (κ1) is 24.1. The highest BCUT2D eigenvalue weighted by Crippen LogP contribution is 2.27. The van der Waals surface area contributed by atoms with Crippen molar-refractivity contribution >= 4 is 54.9 Å². The van der Waals surface area contributed by atoms with Crippen molar-refractivity contribution < 1.29 is 14.3 Å². The Morgan fingerprint density at radius 2 is 1.91 bits per heavy atom. The van der Waals surface area contributed by atoms with Crippen molar-refractivity contribution in [3.05, 3.63) is 67.1 Å². The van der Waals surface area contributed by atoms with E-state index in [-0.39, 0.29) is 5.56 Å². The second-order valence-electron chi connectivity index (χ2n) is 8.18. The van der Waals surface area contributed by atoms with Gasteiger partial charge in [0.15, 0.2) is 6.10 Å². The van der Waals surface area contributed by atoms with Crippen molar-refractivity contribution in [2.24, 2.45) is 5.10 Å². The topological polar surface area (TPSA) is 82.8 Å². The molecular formula is C23H23Br2N3O4. The van der Waals surface area contributed by atoms with Crippen LogP contribution in [0.3, 0.4) is 0 Å². The van der Waals surface area contributed by atoms with Crippen molar-refractivity contribution in [1.29, 1.82) is 0 Å². The van der Waals surface area contributed by atoms with Crippen LogP contribution in [0.5, 0.6) is 5.75 Å². The number of methoxy groups -OCH3 is 1. The summed E-state index contributed by atoms with van der Waals surface area (Å²) in [5, 5.41) is 4.94. The van der Waals surface area contributed by atoms with Crippen LogP contribution in [0.2, 0.25) is 0 Å². The van der Waals surface area contributed by atoms with Crippen LogP contribution in [0, 0.1) is 0 Å². The van der Waals surface area contributed by atoms with E-state index in [4.69, 9.17) is 9.72 Å². The fourth-order valence-corrected chi connectivity index (χ4v) is 3.81. The summed E-state index contributed by atoms with van der Waals surface area (Å²) >= 11 is 6.86. The van der Waals surface area contributed by atoms with Gasteiger partial charge < -0.3 is 9.47 Å². The molecule has 0 aliphatic carbocycles. The van der Waals surface area contributed by atoms with E-state index in [0.717, 1.165) is 10.0 Å². The number of fused-ring (bicyclic) bond motifs is 1. The number of aromatic nitrogens is 2. The Balaban J connectivity index is 2.01. The van der Waals surface area contributed by atoms with Gasteiger partial charge in [-0.2, -0.15) is 9.78 Å². The van der Waals surface area contributed by atoms with Gasteiger partial charge in [-0.1, -0.05) is 36.7 Å². The second kappa shape index (κ2) is 9.54. The third-order valence-corrected chi connectivity index (χ3v) is 5.71. The summed E-state index contributed by atoms with van der Waals surface area (Å²) in [4.78, 5) is 29.5. The summed E-state index contributed by atoms with van der Waals surface area (Å²) in [6.45, 7) is 7.56. The molecule has 9 heteroatoms. The number of ether oxygens (including phenoxy) is 2. The molecule has 1 aromatic heterocycles. The van der Waals surface area contributed by atoms with Gasteiger partial charge in [-0.05, 0) is 64.8 Å². The Morgan fingerprint density at radius 1 is 1.19 bits per heavy atom. The van der Waals surface area contributed by atoms with Gasteiger partial charge in [0.05, 0.1) is 28.7 Å². The van der Waals surface area contributed by atoms with Crippen LogP contribution in [0.1, 0.15) is 39.1 Å². The van der Waals surface area contributed by atoms with Crippen LogP contribution >= 0.6 is 31.9 Å². The van der Waals surface area contributed by atoms with Crippen LogP contribution in [0.4, 0.5) is 0 Å². The molecule has 0 fully saturated rings. The molecule has 0 amide bonds. The van der Waals surface area contributed by atoms with E-state index in [1.54, 1.807) is 37.4 Å². The summed E-state index contributed by atoms with van der Waals surface area (Å²) < 4.78 is 13.1. The molecule has 7 nitrogen and oxygen atoms in total. The first-order chi connectivity index (χ1) is 15.0. The Labute approximate surface area is 202 Å². The van der Waals surface area contributed by atoms with Gasteiger partial charge in [-0.15, -0.1) is 0 Å². The highest BCUT2D eigenvalue weighted by atomic mass is 79.9. The Hall–Kier alpha value is -2.52. The first-order valence-electron chi connectivity index (χ1n) is 9.82. The van der Waals surface area contributed by atoms with Crippen molar-refractivity contribution in [1.82, 2.24) is 9.66 Å². The molecule has 0 radical (unpaired) electrons. The third-order valence-electron chi connectivity index (χ3n) is 4.59. The lowest BCUT2D eigenvalue weighted by Gasteiger charge is -2.20. The minimum atomic E-state index is -0.744. The molecule has 0 saturated heterocycles. The molecule has 32 heavy (non-hydrogen) atoms. The number of halogens is 2. The van der Waals surface area contributed by atoms with Crippen LogP contribution in [-0.4, -0.2) is 35.1 Å². The molecule has 0 bridgehead atoms. The summed E-state index contributed by atoms with van der Waals surface area (Å²) in [5.74, 6) is 0.580. The van der Waals surface area contributed by atoms with Crippen molar-refractivity contribution in [3.8, 4) is 5.75 Å². The van der Waals surface area contributed by atoms with Crippen LogP contribution in [0.25, 0.3) is 10.9 Å². The quantitative estimate of drug-likeness (QED) is 0.320. The maximum atomic E-state index is 13.2. The number of hydrogen-bond acceptors (Lipinski definition) is 6. The molecule has 0 N–H and O–H groups in total. The van der Waals surface area contributed by atoms with Crippen molar-refractivity contribution in [2.45, 2.75) is 39.2 Å². The fraction of sp³-hybridized carbons (Fsp3) is 0.304. The number of rotatable bonds is 5. The minimum Gasteiger partial charge on any atom is -0.478 e. The Bertz CT molecular complexity index is 1260. The van der Waals surface area contributed by atoms with E-state index < -0.39 is 17.5 Å². The number of carbonyl (C=O) groups is 1. The lowest BCUT2D eigenvalue weighted by atomic mass is 9.95. The Morgan fingerprint density at radius 3 is 2.53 bits per heavy atom. The molecular weight excluding hydrogens is 542 g/mol. The van der Waals surface area contributed by atoms with E-state index in [1.807, 2.05) is 32.9 Å². The van der Waals surface area contributed by atoms with E-state index in [2.05, 4.69) is 41.7 Å². The third kappa shape index (κ3) is 5.27. The summed E-state index contributed by atoms with van der Waals surface area (Å²) in [7, 11) is 1.31. The van der Waals surface area contributed by atoms with Gasteiger partial charge in [0.25, 0.3) is 5.56 Å². The largest absolute Gasteiger partial charge is 0.478 e. The van der Waals surface area contributed by atoms with Gasteiger partial charge >= 0.3 is 5.97 Å². The van der Waals surface area contributed by atoms with Crippen LogP contribution in [-0.2, 0) is 14.9 Å². The lowest BCUT2D eigenvalue weighted by molar-refractivity contribution is -0.147. The minimum absolute atomic E-state index is 0.247. The van der Waals surface area contributed by atoms with Crippen molar-refractivity contribution in [3.63, 3.8) is 0 Å². The second-order valence-corrected chi connectivity index (χ2v) is 9.95. The molecule has 168 valence electrons. The molecule has 0 spiro atoms. The molecule has 0 saturated carbocycles. The number of benzene rings is 2. The predicted octanol–water partition coefficient (Wildman–Crippen LogP) is 5.04. The van der Waals surface area contributed by atoms with E-state index in [1.165, 1.54) is 11.8 Å². The average molecular weight is 565 g/mol. The fourth-order valence-electron chi connectivity index (χ4n) is 2.96. The lowest BCUT2D eigenvalue weighted by Crippen LogP contribution is -2.29. The van der Waals surface area contributed by atoms with E-state index in [0.29, 0.717) is 26.9 Å². The zero-order chi connectivity index (χ0) is 23.6. The Kier molecular flexibility index (Phi) is 7.19.